The highest BCUT2D eigenvalue weighted by atomic mass is 35.7. The largest absolute Gasteiger partial charge is 0.455 e. The van der Waals surface area contributed by atoms with Crippen LogP contribution in [0.1, 0.15) is 64.6 Å². The number of halogens is 1. The number of hydrogen-bond acceptors (Lipinski definition) is 4. The van der Waals surface area contributed by atoms with Crippen molar-refractivity contribution in [3.05, 3.63) is 79.9 Å². The highest BCUT2D eigenvalue weighted by molar-refractivity contribution is 8.13. The van der Waals surface area contributed by atoms with E-state index >= 15 is 0 Å². The van der Waals surface area contributed by atoms with Gasteiger partial charge in [-0.1, -0.05) is 12.1 Å². The molecule has 3 aromatic rings. The Labute approximate surface area is 233 Å². The molecule has 0 N–H and O–H groups in total. The van der Waals surface area contributed by atoms with Crippen molar-refractivity contribution in [1.82, 2.24) is 4.58 Å². The van der Waals surface area contributed by atoms with Gasteiger partial charge in [-0.25, -0.2) is 13.0 Å². The molecule has 5 aliphatic rings. The maximum Gasteiger partial charge on any atom is 0.261 e. The predicted octanol–water partition coefficient (Wildman–Crippen LogP) is 4.36. The van der Waals surface area contributed by atoms with Crippen LogP contribution in [-0.2, 0) is 34.7 Å². The molecule has 0 amide bonds. The van der Waals surface area contributed by atoms with Crippen LogP contribution in [0.15, 0.2) is 35.2 Å². The topological polar surface area (TPSA) is 49.6 Å². The molecule has 0 saturated heterocycles. The summed E-state index contributed by atoms with van der Waals surface area (Å²) in [6.45, 7) is 6.27. The first-order chi connectivity index (χ1) is 18.9. The minimum atomic E-state index is -3.98. The number of fused-ring (bicyclic) bond motifs is 4. The molecule has 5 aliphatic heterocycles. The quantitative estimate of drug-likeness (QED) is 0.270. The molecule has 0 fully saturated rings. The van der Waals surface area contributed by atoms with Crippen molar-refractivity contribution >= 4 is 31.0 Å². The number of anilines is 1. The van der Waals surface area contributed by atoms with Crippen LogP contribution in [0.5, 0.6) is 11.5 Å². The van der Waals surface area contributed by atoms with Gasteiger partial charge in [0.05, 0.1) is 10.5 Å². The lowest BCUT2D eigenvalue weighted by Crippen LogP contribution is -2.45. The highest BCUT2D eigenvalue weighted by Crippen LogP contribution is 2.49. The fourth-order valence-electron chi connectivity index (χ4n) is 7.84. The average Bonchev–Trinajstić information content (AvgIpc) is 2.93. The first-order valence-corrected chi connectivity index (χ1v) is 16.7. The predicted molar refractivity (Wildman–Crippen MR) is 155 cm³/mol. The number of aryl methyl sites for hydroxylation is 3. The van der Waals surface area contributed by atoms with Gasteiger partial charge in [0.2, 0.25) is 5.36 Å². The van der Waals surface area contributed by atoms with E-state index in [9.17, 15) is 8.42 Å². The van der Waals surface area contributed by atoms with E-state index in [1.54, 1.807) is 6.07 Å². The van der Waals surface area contributed by atoms with E-state index < -0.39 is 9.05 Å². The molecule has 7 heteroatoms. The van der Waals surface area contributed by atoms with E-state index in [4.69, 9.17) is 15.4 Å². The average molecular weight is 560 g/mol. The van der Waals surface area contributed by atoms with Crippen LogP contribution in [0.4, 0.5) is 5.69 Å². The summed E-state index contributed by atoms with van der Waals surface area (Å²) in [5.74, 6) is 1.84. The summed E-state index contributed by atoms with van der Waals surface area (Å²) in [7, 11) is 2.15. The first-order valence-electron chi connectivity index (χ1n) is 14.4. The summed E-state index contributed by atoms with van der Waals surface area (Å²) in [5.41, 5.74) is 10.2. The normalized spacial score (nSPS) is 19.1. The molecule has 3 aromatic carbocycles. The van der Waals surface area contributed by atoms with Gasteiger partial charge < -0.3 is 9.64 Å². The van der Waals surface area contributed by atoms with Crippen LogP contribution in [0, 0.1) is 6.92 Å². The monoisotopic (exact) mass is 559 g/mol. The van der Waals surface area contributed by atoms with Gasteiger partial charge in [-0.2, -0.15) is 0 Å². The maximum atomic E-state index is 13.0. The minimum Gasteiger partial charge on any atom is -0.455 e. The van der Waals surface area contributed by atoms with Gasteiger partial charge in [0, 0.05) is 75.3 Å². The molecule has 200 valence electrons. The van der Waals surface area contributed by atoms with Crippen molar-refractivity contribution in [1.29, 1.82) is 0 Å². The van der Waals surface area contributed by atoms with Gasteiger partial charge in [0.25, 0.3) is 9.05 Å². The molecule has 0 aromatic heterocycles. The first kappa shape index (κ1) is 24.0. The van der Waals surface area contributed by atoms with Crippen LogP contribution in [0.3, 0.4) is 0 Å². The molecule has 0 saturated carbocycles. The molecule has 5 nitrogen and oxygen atoms in total. The van der Waals surface area contributed by atoms with E-state index in [0.29, 0.717) is 5.56 Å². The zero-order chi connectivity index (χ0) is 26.5. The number of benzene rings is 3. The van der Waals surface area contributed by atoms with Gasteiger partial charge >= 0.3 is 0 Å². The van der Waals surface area contributed by atoms with E-state index in [1.165, 1.54) is 33.3 Å². The van der Waals surface area contributed by atoms with Crippen molar-refractivity contribution in [2.24, 2.45) is 0 Å². The summed E-state index contributed by atoms with van der Waals surface area (Å²) in [6.07, 6.45) is 8.50. The Morgan fingerprint density at radius 3 is 2.41 bits per heavy atom. The van der Waals surface area contributed by atoms with Crippen LogP contribution >= 0.6 is 10.7 Å². The van der Waals surface area contributed by atoms with Crippen molar-refractivity contribution in [3.63, 3.8) is 0 Å². The maximum absolute atomic E-state index is 13.0. The second-order valence-electron chi connectivity index (χ2n) is 11.8. The molecular weight excluding hydrogens is 528 g/mol. The van der Waals surface area contributed by atoms with Crippen LogP contribution in [0.2, 0.25) is 0 Å². The molecule has 39 heavy (non-hydrogen) atoms. The molecule has 5 heterocycles. The van der Waals surface area contributed by atoms with Gasteiger partial charge in [0.1, 0.15) is 24.6 Å². The Hall–Kier alpha value is -2.83. The molecule has 0 radical (unpaired) electrons. The third-order valence-electron chi connectivity index (χ3n) is 9.36. The van der Waals surface area contributed by atoms with E-state index in [2.05, 4.69) is 21.6 Å². The van der Waals surface area contributed by atoms with Gasteiger partial charge in [-0.3, -0.25) is 0 Å². The Kier molecular flexibility index (Phi) is 5.28. The van der Waals surface area contributed by atoms with Crippen LogP contribution in [0.25, 0.3) is 5.57 Å². The van der Waals surface area contributed by atoms with Crippen molar-refractivity contribution in [2.45, 2.75) is 63.2 Å². The van der Waals surface area contributed by atoms with Gasteiger partial charge in [0.15, 0.2) is 0 Å². The third-order valence-corrected chi connectivity index (χ3v) is 10.7. The third kappa shape index (κ3) is 3.57. The molecular formula is C32H32ClN2O3S+. The van der Waals surface area contributed by atoms with E-state index in [-0.39, 0.29) is 4.90 Å². The van der Waals surface area contributed by atoms with Crippen molar-refractivity contribution < 1.29 is 13.2 Å². The molecule has 0 bridgehead atoms. The Bertz CT molecular complexity index is 1840. The molecule has 0 aliphatic carbocycles. The fourth-order valence-corrected chi connectivity index (χ4v) is 8.98. The number of rotatable bonds is 2. The second kappa shape index (κ2) is 8.58. The van der Waals surface area contributed by atoms with Gasteiger partial charge in [-0.15, -0.1) is 0 Å². The summed E-state index contributed by atoms with van der Waals surface area (Å²) >= 11 is 0. The molecule has 0 atom stereocenters. The Morgan fingerprint density at radius 2 is 1.59 bits per heavy atom. The lowest BCUT2D eigenvalue weighted by atomic mass is 9.82. The fraction of sp³-hybridized carbons (Fsp3) is 0.406. The summed E-state index contributed by atoms with van der Waals surface area (Å²) in [6, 6.07) is 10.3. The second-order valence-corrected chi connectivity index (χ2v) is 14.3. The lowest BCUT2D eigenvalue weighted by molar-refractivity contribution is 0.431. The summed E-state index contributed by atoms with van der Waals surface area (Å²) in [4.78, 5) is 2.72. The molecule has 8 rings (SSSR count). The zero-order valence-corrected chi connectivity index (χ0v) is 23.8. The van der Waals surface area contributed by atoms with E-state index in [0.717, 1.165) is 111 Å². The highest BCUT2D eigenvalue weighted by Gasteiger charge is 2.36. The SMILES string of the molecule is Cc1ccc(C2=c3cc4c5c(c3Oc3c2cc2c6c3CCCN6CCC2)CCC[N+]=5CCC4)c(S(=O)(=O)Cl)c1. The number of ether oxygens (including phenoxy) is 1. The van der Waals surface area contributed by atoms with Crippen LogP contribution < -0.4 is 24.8 Å². The summed E-state index contributed by atoms with van der Waals surface area (Å²) < 4.78 is 35.6. The standard InChI is InChI=1S/C32H32ClN2O3S/c1-19-10-11-22(27(16-19)39(33,36)37)28-25-17-20-6-2-12-34-14-4-8-23(29(20)34)31(25)38-32-24-9-5-15-35-13-3-7-21(30(24)35)18-26(28)32/h10-11,16-18H,2-9,12-15H2,1H3/q+1. The van der Waals surface area contributed by atoms with Crippen LogP contribution in [-0.4, -0.2) is 34.6 Å². The smallest absolute Gasteiger partial charge is 0.261 e. The van der Waals surface area contributed by atoms with E-state index in [1.807, 2.05) is 19.1 Å². The lowest BCUT2D eigenvalue weighted by Gasteiger charge is -2.39. The summed E-state index contributed by atoms with van der Waals surface area (Å²) in [5, 5.41) is 2.37. The molecule has 0 spiro atoms. The minimum absolute atomic E-state index is 0.180. The molecule has 0 unspecified atom stereocenters. The van der Waals surface area contributed by atoms with Crippen molar-refractivity contribution in [2.75, 3.05) is 31.1 Å². The van der Waals surface area contributed by atoms with Crippen molar-refractivity contribution in [3.8, 4) is 11.5 Å². The van der Waals surface area contributed by atoms with Gasteiger partial charge in [-0.05, 0) is 74.8 Å². The Morgan fingerprint density at radius 1 is 0.846 bits per heavy atom. The Balaban J connectivity index is 1.56. The zero-order valence-electron chi connectivity index (χ0n) is 22.3. The number of hydrogen-bond donors (Lipinski definition) is 0. The number of nitrogens with zero attached hydrogens (tertiary/aromatic N) is 2.